The predicted octanol–water partition coefficient (Wildman–Crippen LogP) is 2.73. The van der Waals surface area contributed by atoms with Crippen molar-refractivity contribution < 1.29 is 12.8 Å². The molecule has 2 atom stereocenters. The van der Waals surface area contributed by atoms with Crippen LogP contribution in [-0.4, -0.2) is 61.4 Å². The van der Waals surface area contributed by atoms with Gasteiger partial charge < -0.3 is 0 Å². The number of fused-ring (bicyclic) bond motifs is 1. The van der Waals surface area contributed by atoms with Crippen LogP contribution in [0.5, 0.6) is 0 Å². The van der Waals surface area contributed by atoms with Gasteiger partial charge in [-0.3, -0.25) is 9.80 Å². The summed E-state index contributed by atoms with van der Waals surface area (Å²) in [6.07, 6.45) is 2.13. The van der Waals surface area contributed by atoms with Crippen LogP contribution in [-0.2, 0) is 16.4 Å². The summed E-state index contributed by atoms with van der Waals surface area (Å²) in [5.74, 6) is -0.0259. The van der Waals surface area contributed by atoms with Crippen LogP contribution in [0, 0.1) is 5.82 Å². The van der Waals surface area contributed by atoms with E-state index in [4.69, 9.17) is 11.6 Å². The van der Waals surface area contributed by atoms with Crippen molar-refractivity contribution in [1.82, 2.24) is 9.80 Å². The van der Waals surface area contributed by atoms with E-state index in [2.05, 4.69) is 15.9 Å². The monoisotopic (exact) mass is 386 g/mol. The van der Waals surface area contributed by atoms with Crippen LogP contribution >= 0.6 is 11.6 Å². The molecule has 2 heterocycles. The van der Waals surface area contributed by atoms with Crippen molar-refractivity contribution in [2.45, 2.75) is 32.5 Å². The molecule has 138 valence electrons. The Morgan fingerprint density at radius 2 is 1.88 bits per heavy atom. The minimum Gasteiger partial charge on any atom is -0.293 e. The van der Waals surface area contributed by atoms with Crippen LogP contribution in [0.15, 0.2) is 29.8 Å². The molecule has 0 unspecified atom stereocenters. The zero-order chi connectivity index (χ0) is 18.2. The van der Waals surface area contributed by atoms with Crippen LogP contribution in [0.4, 0.5) is 4.39 Å². The molecule has 0 amide bonds. The SMILES string of the molecule is CC(C)=CCN1CCN(Cc2c(F)cccc2Cl)[C@@H]2CS(=O)(=O)C[C@@H]21. The molecule has 0 radical (unpaired) electrons. The fourth-order valence-corrected chi connectivity index (χ4v) is 5.97. The zero-order valence-electron chi connectivity index (χ0n) is 14.6. The topological polar surface area (TPSA) is 40.6 Å². The van der Waals surface area contributed by atoms with E-state index in [1.54, 1.807) is 12.1 Å². The molecule has 0 N–H and O–H groups in total. The summed E-state index contributed by atoms with van der Waals surface area (Å²) in [5, 5.41) is 0.393. The molecular weight excluding hydrogens is 363 g/mol. The first-order valence-corrected chi connectivity index (χ1v) is 10.7. The van der Waals surface area contributed by atoms with Crippen molar-refractivity contribution in [3.05, 3.63) is 46.3 Å². The molecule has 0 spiro atoms. The summed E-state index contributed by atoms with van der Waals surface area (Å²) < 4.78 is 38.6. The molecule has 7 heteroatoms. The Morgan fingerprint density at radius 1 is 1.24 bits per heavy atom. The lowest BCUT2D eigenvalue weighted by Gasteiger charge is -2.43. The van der Waals surface area contributed by atoms with Gasteiger partial charge in [0.2, 0.25) is 0 Å². The standard InChI is InChI=1S/C18H24ClFN2O2S/c1-13(2)6-7-21-8-9-22(18-12-25(23,24)11-17(18)21)10-14-15(19)4-3-5-16(14)20/h3-6,17-18H,7-12H2,1-2H3/t17-,18+/m0/s1. The second kappa shape index (κ2) is 7.35. The Hall–Kier alpha value is -0.950. The average Bonchev–Trinajstić information content (AvgIpc) is 2.85. The smallest absolute Gasteiger partial charge is 0.153 e. The molecule has 0 bridgehead atoms. The molecule has 25 heavy (non-hydrogen) atoms. The molecule has 0 saturated carbocycles. The van der Waals surface area contributed by atoms with Crippen molar-refractivity contribution in [3.8, 4) is 0 Å². The number of rotatable bonds is 4. The second-order valence-electron chi connectivity index (χ2n) is 7.16. The summed E-state index contributed by atoms with van der Waals surface area (Å²) in [6, 6.07) is 4.50. The largest absolute Gasteiger partial charge is 0.293 e. The first-order valence-electron chi connectivity index (χ1n) is 8.51. The van der Waals surface area contributed by atoms with E-state index in [-0.39, 0.29) is 29.4 Å². The summed E-state index contributed by atoms with van der Waals surface area (Å²) in [6.45, 7) is 6.66. The van der Waals surface area contributed by atoms with Gasteiger partial charge >= 0.3 is 0 Å². The van der Waals surface area contributed by atoms with E-state index in [1.165, 1.54) is 11.6 Å². The van der Waals surface area contributed by atoms with Crippen molar-refractivity contribution in [2.24, 2.45) is 0 Å². The van der Waals surface area contributed by atoms with Gasteiger partial charge in [0.1, 0.15) is 5.82 Å². The second-order valence-corrected chi connectivity index (χ2v) is 9.72. The highest BCUT2D eigenvalue weighted by atomic mass is 35.5. The van der Waals surface area contributed by atoms with Gasteiger partial charge in [0.15, 0.2) is 9.84 Å². The van der Waals surface area contributed by atoms with E-state index >= 15 is 0 Å². The number of nitrogens with zero attached hydrogens (tertiary/aromatic N) is 2. The number of piperazine rings is 1. The van der Waals surface area contributed by atoms with Crippen LogP contribution < -0.4 is 0 Å². The molecule has 4 nitrogen and oxygen atoms in total. The van der Waals surface area contributed by atoms with Crippen molar-refractivity contribution in [2.75, 3.05) is 31.1 Å². The van der Waals surface area contributed by atoms with E-state index in [1.807, 2.05) is 13.8 Å². The maximum atomic E-state index is 14.1. The fourth-order valence-electron chi connectivity index (χ4n) is 3.71. The lowest BCUT2D eigenvalue weighted by Crippen LogP contribution is -2.58. The molecule has 0 aliphatic carbocycles. The van der Waals surface area contributed by atoms with Gasteiger partial charge in [-0.05, 0) is 26.0 Å². The first-order chi connectivity index (χ1) is 11.8. The lowest BCUT2D eigenvalue weighted by atomic mass is 10.0. The maximum absolute atomic E-state index is 14.1. The first kappa shape index (κ1) is 18.8. The van der Waals surface area contributed by atoms with Crippen molar-refractivity contribution in [3.63, 3.8) is 0 Å². The van der Waals surface area contributed by atoms with E-state index in [0.29, 0.717) is 23.7 Å². The molecule has 2 aliphatic heterocycles. The van der Waals surface area contributed by atoms with Gasteiger partial charge in [-0.25, -0.2) is 12.8 Å². The summed E-state index contributed by atoms with van der Waals surface area (Å²) >= 11 is 6.16. The molecular formula is C18H24ClFN2O2S. The van der Waals surface area contributed by atoms with Gasteiger partial charge in [0.25, 0.3) is 0 Å². The van der Waals surface area contributed by atoms with Gasteiger partial charge in [-0.15, -0.1) is 0 Å². The number of hydrogen-bond donors (Lipinski definition) is 0. The van der Waals surface area contributed by atoms with E-state index in [0.717, 1.165) is 13.1 Å². The molecule has 3 rings (SSSR count). The highest BCUT2D eigenvalue weighted by Crippen LogP contribution is 2.30. The van der Waals surface area contributed by atoms with Crippen LogP contribution in [0.2, 0.25) is 5.02 Å². The van der Waals surface area contributed by atoms with Crippen molar-refractivity contribution >= 4 is 21.4 Å². The average molecular weight is 387 g/mol. The molecule has 2 saturated heterocycles. The third kappa shape index (κ3) is 4.25. The van der Waals surface area contributed by atoms with Gasteiger partial charge in [0, 0.05) is 48.8 Å². The Kier molecular flexibility index (Phi) is 5.54. The number of sulfone groups is 1. The highest BCUT2D eigenvalue weighted by molar-refractivity contribution is 7.91. The van der Waals surface area contributed by atoms with E-state index in [9.17, 15) is 12.8 Å². The molecule has 1 aromatic carbocycles. The van der Waals surface area contributed by atoms with Crippen LogP contribution in [0.1, 0.15) is 19.4 Å². The molecule has 1 aromatic rings. The lowest BCUT2D eigenvalue weighted by molar-refractivity contribution is 0.0471. The minimum atomic E-state index is -3.08. The quantitative estimate of drug-likeness (QED) is 0.746. The Morgan fingerprint density at radius 3 is 2.52 bits per heavy atom. The predicted molar refractivity (Wildman–Crippen MR) is 99.1 cm³/mol. The van der Waals surface area contributed by atoms with Gasteiger partial charge in [-0.1, -0.05) is 29.3 Å². The summed E-state index contributed by atoms with van der Waals surface area (Å²) in [7, 11) is -3.08. The van der Waals surface area contributed by atoms with Crippen LogP contribution in [0.25, 0.3) is 0 Å². The van der Waals surface area contributed by atoms with Gasteiger partial charge in [0.05, 0.1) is 11.5 Å². The highest BCUT2D eigenvalue weighted by Gasteiger charge is 2.46. The Balaban J connectivity index is 1.82. The zero-order valence-corrected chi connectivity index (χ0v) is 16.2. The summed E-state index contributed by atoms with van der Waals surface area (Å²) in [4.78, 5) is 4.32. The molecule has 2 aliphatic rings. The van der Waals surface area contributed by atoms with Gasteiger partial charge in [-0.2, -0.15) is 0 Å². The summed E-state index contributed by atoms with van der Waals surface area (Å²) in [5.41, 5.74) is 1.67. The number of hydrogen-bond acceptors (Lipinski definition) is 4. The third-order valence-electron chi connectivity index (χ3n) is 5.06. The minimum absolute atomic E-state index is 0.0418. The number of halogens is 2. The van der Waals surface area contributed by atoms with Crippen molar-refractivity contribution in [1.29, 1.82) is 0 Å². The fraction of sp³-hybridized carbons (Fsp3) is 0.556. The Labute approximate surface area is 154 Å². The Bertz CT molecular complexity index is 757. The maximum Gasteiger partial charge on any atom is 0.153 e. The number of benzene rings is 1. The van der Waals surface area contributed by atoms with E-state index < -0.39 is 9.84 Å². The normalized spacial score (nSPS) is 26.4. The molecule has 2 fully saturated rings. The third-order valence-corrected chi connectivity index (χ3v) is 7.12. The number of allylic oxidation sites excluding steroid dienone is 1. The van der Waals surface area contributed by atoms with Crippen LogP contribution in [0.3, 0.4) is 0 Å². The molecule has 0 aromatic heterocycles.